The van der Waals surface area contributed by atoms with Gasteiger partial charge in [0.2, 0.25) is 0 Å². The maximum absolute atomic E-state index is 11.1. The van der Waals surface area contributed by atoms with Crippen molar-refractivity contribution in [1.29, 1.82) is 0 Å². The van der Waals surface area contributed by atoms with Gasteiger partial charge in [-0.3, -0.25) is 10.5 Å². The molecule has 3 amide bonds. The summed E-state index contributed by atoms with van der Waals surface area (Å²) in [5.41, 5.74) is 7.14. The Bertz CT molecular complexity index is 364. The Kier molecular flexibility index (Phi) is 3.93. The third kappa shape index (κ3) is 4.33. The molecule has 0 heterocycles. The fourth-order valence-corrected chi connectivity index (χ4v) is 0.995. The maximum atomic E-state index is 11.1. The molecule has 79 valence electrons. The van der Waals surface area contributed by atoms with E-state index in [0.717, 1.165) is 0 Å². The van der Waals surface area contributed by atoms with Crippen molar-refractivity contribution < 1.29 is 9.59 Å². The maximum Gasteiger partial charge on any atom is 0.319 e. The summed E-state index contributed by atoms with van der Waals surface area (Å²) in [6, 6.07) is 5.99. The molecule has 0 saturated carbocycles. The quantitative estimate of drug-likeness (QED) is 0.814. The molecule has 0 spiro atoms. The molecule has 0 unspecified atom stereocenters. The molecule has 5 nitrogen and oxygen atoms in total. The Morgan fingerprint density at radius 3 is 2.40 bits per heavy atom. The normalized spacial score (nSPS) is 9.40. The van der Waals surface area contributed by atoms with Crippen molar-refractivity contribution in [2.75, 3.05) is 11.9 Å². The molecular weight excluding hydrogens is 218 g/mol. The molecular formula is C9H9ClN3O2. The van der Waals surface area contributed by atoms with E-state index in [0.29, 0.717) is 10.7 Å². The van der Waals surface area contributed by atoms with Crippen LogP contribution in [0.2, 0.25) is 5.02 Å². The Hall–Kier alpha value is -1.75. The lowest BCUT2D eigenvalue weighted by atomic mass is 10.3. The molecule has 0 aromatic heterocycles. The number of hydrogen-bond donors (Lipinski definition) is 2. The second-order valence-electron chi connectivity index (χ2n) is 2.74. The molecule has 1 radical (unpaired) electrons. The van der Waals surface area contributed by atoms with Crippen molar-refractivity contribution in [2.45, 2.75) is 0 Å². The van der Waals surface area contributed by atoms with Gasteiger partial charge in [0.25, 0.3) is 5.91 Å². The second kappa shape index (κ2) is 5.21. The fraction of sp³-hybridized carbons (Fsp3) is 0.111. The highest BCUT2D eigenvalue weighted by molar-refractivity contribution is 6.30. The first-order chi connectivity index (χ1) is 7.08. The van der Waals surface area contributed by atoms with Crippen LogP contribution in [0.5, 0.6) is 0 Å². The Labute approximate surface area is 91.6 Å². The zero-order valence-corrected chi connectivity index (χ0v) is 8.47. The average Bonchev–Trinajstić information content (AvgIpc) is 2.19. The first-order valence-electron chi connectivity index (χ1n) is 4.13. The van der Waals surface area contributed by atoms with Gasteiger partial charge in [-0.05, 0) is 24.3 Å². The van der Waals surface area contributed by atoms with Crippen LogP contribution in [-0.4, -0.2) is 18.5 Å². The predicted octanol–water partition coefficient (Wildman–Crippen LogP) is 1.27. The molecule has 0 aliphatic carbocycles. The van der Waals surface area contributed by atoms with Crippen LogP contribution >= 0.6 is 11.6 Å². The summed E-state index contributed by atoms with van der Waals surface area (Å²) >= 11 is 5.65. The van der Waals surface area contributed by atoms with Crippen LogP contribution in [0.4, 0.5) is 10.5 Å². The molecule has 0 bridgehead atoms. The van der Waals surface area contributed by atoms with Crippen molar-refractivity contribution in [3.63, 3.8) is 0 Å². The molecule has 0 saturated heterocycles. The molecule has 1 aromatic rings. The topological polar surface area (TPSA) is 82.0 Å². The van der Waals surface area contributed by atoms with E-state index in [4.69, 9.17) is 17.3 Å². The third-order valence-electron chi connectivity index (χ3n) is 1.51. The van der Waals surface area contributed by atoms with Crippen LogP contribution in [0.3, 0.4) is 0 Å². The van der Waals surface area contributed by atoms with Gasteiger partial charge in [0.1, 0.15) is 6.54 Å². The van der Waals surface area contributed by atoms with E-state index in [-0.39, 0.29) is 6.54 Å². The van der Waals surface area contributed by atoms with Gasteiger partial charge < -0.3 is 10.6 Å². The number of amides is 3. The summed E-state index contributed by atoms with van der Waals surface area (Å²) in [5, 5.41) is 5.28. The van der Waals surface area contributed by atoms with Crippen LogP contribution < -0.4 is 16.4 Å². The number of nitrogens with one attached hydrogen (secondary N) is 3. The number of rotatable bonds is 3. The molecule has 0 aliphatic rings. The second-order valence-corrected chi connectivity index (χ2v) is 3.17. The first kappa shape index (κ1) is 11.3. The van der Waals surface area contributed by atoms with Crippen LogP contribution in [0.1, 0.15) is 0 Å². The highest BCUT2D eigenvalue weighted by Gasteiger charge is 2.02. The Balaban J connectivity index is 2.44. The third-order valence-corrected chi connectivity index (χ3v) is 1.76. The SMILES string of the molecule is [NH]C(=O)CNC(=O)Nc1ccc(Cl)cc1. The minimum absolute atomic E-state index is 0.306. The predicted molar refractivity (Wildman–Crippen MR) is 56.6 cm³/mol. The average molecular weight is 227 g/mol. The lowest BCUT2D eigenvalue weighted by molar-refractivity contribution is -0.117. The van der Waals surface area contributed by atoms with Crippen LogP contribution in [-0.2, 0) is 4.79 Å². The number of hydrogen-bond acceptors (Lipinski definition) is 2. The summed E-state index contributed by atoms with van der Waals surface area (Å²) in [5.74, 6) is -0.846. The molecule has 0 atom stereocenters. The van der Waals surface area contributed by atoms with Crippen LogP contribution in [0.25, 0.3) is 0 Å². The summed E-state index contributed by atoms with van der Waals surface area (Å²) < 4.78 is 0. The Morgan fingerprint density at radius 2 is 1.87 bits per heavy atom. The summed E-state index contributed by atoms with van der Waals surface area (Å²) in [4.78, 5) is 21.4. The van der Waals surface area contributed by atoms with Gasteiger partial charge in [-0.15, -0.1) is 0 Å². The lowest BCUT2D eigenvalue weighted by Crippen LogP contribution is -2.33. The van der Waals surface area contributed by atoms with E-state index in [2.05, 4.69) is 10.6 Å². The van der Waals surface area contributed by atoms with E-state index in [1.807, 2.05) is 0 Å². The summed E-state index contributed by atoms with van der Waals surface area (Å²) in [6.07, 6.45) is 0. The number of carbonyl (C=O) groups excluding carboxylic acids is 2. The summed E-state index contributed by atoms with van der Waals surface area (Å²) in [7, 11) is 0. The van der Waals surface area contributed by atoms with Gasteiger partial charge in [0.15, 0.2) is 0 Å². The molecule has 15 heavy (non-hydrogen) atoms. The van der Waals surface area contributed by atoms with E-state index in [1.54, 1.807) is 24.3 Å². The van der Waals surface area contributed by atoms with E-state index in [1.165, 1.54) is 0 Å². The molecule has 6 heteroatoms. The van der Waals surface area contributed by atoms with Crippen molar-refractivity contribution >= 4 is 29.2 Å². The van der Waals surface area contributed by atoms with Crippen molar-refractivity contribution in [3.8, 4) is 0 Å². The van der Waals surface area contributed by atoms with Crippen molar-refractivity contribution in [3.05, 3.63) is 29.3 Å². The number of carbonyl (C=O) groups is 2. The molecule has 0 aliphatic heterocycles. The monoisotopic (exact) mass is 226 g/mol. The molecule has 1 aromatic carbocycles. The van der Waals surface area contributed by atoms with Gasteiger partial charge in [-0.25, -0.2) is 4.79 Å². The van der Waals surface area contributed by atoms with Gasteiger partial charge in [-0.2, -0.15) is 0 Å². The largest absolute Gasteiger partial charge is 0.329 e. The summed E-state index contributed by atoms with van der Waals surface area (Å²) in [6.45, 7) is -0.306. The Morgan fingerprint density at radius 1 is 1.27 bits per heavy atom. The van der Waals surface area contributed by atoms with E-state index in [9.17, 15) is 9.59 Å². The lowest BCUT2D eigenvalue weighted by Gasteiger charge is -2.05. The highest BCUT2D eigenvalue weighted by atomic mass is 35.5. The standard InChI is InChI=1S/C9H9ClN3O2/c10-6-1-3-7(4-2-6)13-9(15)12-5-8(11)14/h1-4,11H,5H2,(H2,12,13,15). The number of benzene rings is 1. The van der Waals surface area contributed by atoms with Crippen LogP contribution in [0, 0.1) is 0 Å². The number of anilines is 1. The first-order valence-corrected chi connectivity index (χ1v) is 4.50. The smallest absolute Gasteiger partial charge is 0.319 e. The minimum Gasteiger partial charge on any atom is -0.329 e. The van der Waals surface area contributed by atoms with E-state index >= 15 is 0 Å². The van der Waals surface area contributed by atoms with Crippen LogP contribution in [0.15, 0.2) is 24.3 Å². The highest BCUT2D eigenvalue weighted by Crippen LogP contribution is 2.12. The van der Waals surface area contributed by atoms with Gasteiger partial charge >= 0.3 is 6.03 Å². The van der Waals surface area contributed by atoms with Gasteiger partial charge in [0.05, 0.1) is 0 Å². The fourth-order valence-electron chi connectivity index (χ4n) is 0.869. The molecule has 0 fully saturated rings. The number of urea groups is 1. The van der Waals surface area contributed by atoms with Gasteiger partial charge in [-0.1, -0.05) is 11.6 Å². The molecule has 1 rings (SSSR count). The molecule has 3 N–H and O–H groups in total. The van der Waals surface area contributed by atoms with E-state index < -0.39 is 11.9 Å². The van der Waals surface area contributed by atoms with Crippen molar-refractivity contribution in [1.82, 2.24) is 11.1 Å². The van der Waals surface area contributed by atoms with Crippen molar-refractivity contribution in [2.24, 2.45) is 0 Å². The minimum atomic E-state index is -0.846. The number of halogens is 1. The van der Waals surface area contributed by atoms with Gasteiger partial charge in [0, 0.05) is 10.7 Å². The zero-order valence-electron chi connectivity index (χ0n) is 7.71. The zero-order chi connectivity index (χ0) is 11.3.